The largest absolute Gasteiger partial charge is 0.256 e. The summed E-state index contributed by atoms with van der Waals surface area (Å²) in [6.45, 7) is 7.17. The van der Waals surface area contributed by atoms with Gasteiger partial charge in [0.1, 0.15) is 5.88 Å². The van der Waals surface area contributed by atoms with Crippen molar-refractivity contribution in [1.29, 1.82) is 0 Å². The minimum atomic E-state index is -2.22. The number of likely N-dealkylation sites (N-methyl/N-ethyl adjacent to an activating group) is 1. The van der Waals surface area contributed by atoms with Crippen molar-refractivity contribution in [2.75, 3.05) is 13.6 Å². The zero-order valence-corrected chi connectivity index (χ0v) is 11.8. The fourth-order valence-electron chi connectivity index (χ4n) is 2.14. The zero-order chi connectivity index (χ0) is 12.8. The standard InChI is InChI=1S/C12H21N3OS/c1-9(2)11-6-12-10(3)7-14(4)17(5,16)8-15(12)13-11/h6,9-10H,5,7-8H2,1-4H3. The zero-order valence-electron chi connectivity index (χ0n) is 11.0. The second kappa shape index (κ2) is 4.14. The lowest BCUT2D eigenvalue weighted by molar-refractivity contribution is 0.488. The SMILES string of the molecule is C=S1(=O)Cn2nc(C(C)C)cc2C(C)CN1C. The first-order valence-electron chi connectivity index (χ1n) is 5.95. The number of rotatable bonds is 1. The van der Waals surface area contributed by atoms with Crippen molar-refractivity contribution >= 4 is 15.6 Å². The van der Waals surface area contributed by atoms with Gasteiger partial charge in [0.2, 0.25) is 0 Å². The Morgan fingerprint density at radius 1 is 1.59 bits per heavy atom. The Balaban J connectivity index is 2.48. The lowest BCUT2D eigenvalue weighted by Gasteiger charge is -2.19. The van der Waals surface area contributed by atoms with Crippen molar-refractivity contribution in [3.8, 4) is 0 Å². The molecule has 0 bridgehead atoms. The van der Waals surface area contributed by atoms with Crippen LogP contribution in [-0.2, 0) is 15.6 Å². The third kappa shape index (κ3) is 2.26. The Morgan fingerprint density at radius 2 is 2.24 bits per heavy atom. The summed E-state index contributed by atoms with van der Waals surface area (Å²) in [6.07, 6.45) is 0. The predicted octanol–water partition coefficient (Wildman–Crippen LogP) is 1.64. The molecule has 5 heteroatoms. The Morgan fingerprint density at radius 3 is 2.82 bits per heavy atom. The van der Waals surface area contributed by atoms with E-state index in [9.17, 15) is 4.21 Å². The van der Waals surface area contributed by atoms with Gasteiger partial charge >= 0.3 is 0 Å². The van der Waals surface area contributed by atoms with Gasteiger partial charge in [-0.05, 0) is 24.9 Å². The van der Waals surface area contributed by atoms with Gasteiger partial charge in [0.15, 0.2) is 0 Å². The fraction of sp³-hybridized carbons (Fsp3) is 0.667. The van der Waals surface area contributed by atoms with Crippen LogP contribution in [0.25, 0.3) is 0 Å². The van der Waals surface area contributed by atoms with Crippen LogP contribution < -0.4 is 0 Å². The quantitative estimate of drug-likeness (QED) is 0.716. The van der Waals surface area contributed by atoms with Crippen molar-refractivity contribution in [2.45, 2.75) is 38.5 Å². The van der Waals surface area contributed by atoms with Crippen LogP contribution in [0.4, 0.5) is 0 Å². The summed E-state index contributed by atoms with van der Waals surface area (Å²) in [5.41, 5.74) is 2.25. The molecule has 0 amide bonds. The van der Waals surface area contributed by atoms with E-state index < -0.39 is 9.71 Å². The van der Waals surface area contributed by atoms with Crippen molar-refractivity contribution < 1.29 is 4.21 Å². The summed E-state index contributed by atoms with van der Waals surface area (Å²) in [7, 11) is -0.346. The Kier molecular flexibility index (Phi) is 3.08. The van der Waals surface area contributed by atoms with E-state index in [0.29, 0.717) is 17.7 Å². The molecular weight excluding hydrogens is 234 g/mol. The second-order valence-corrected chi connectivity index (χ2v) is 7.69. The molecule has 0 spiro atoms. The first-order chi connectivity index (χ1) is 7.81. The van der Waals surface area contributed by atoms with Gasteiger partial charge in [-0.2, -0.15) is 5.10 Å². The number of hydrogen-bond acceptors (Lipinski definition) is 2. The molecule has 0 radical (unpaired) electrons. The van der Waals surface area contributed by atoms with Crippen molar-refractivity contribution in [1.82, 2.24) is 14.1 Å². The highest BCUT2D eigenvalue weighted by atomic mass is 32.2. The van der Waals surface area contributed by atoms with Gasteiger partial charge in [-0.3, -0.25) is 8.89 Å². The summed E-state index contributed by atoms with van der Waals surface area (Å²) in [5.74, 6) is 4.99. The van der Waals surface area contributed by atoms with Crippen LogP contribution in [0.3, 0.4) is 0 Å². The molecule has 2 atom stereocenters. The first-order valence-corrected chi connectivity index (χ1v) is 7.80. The Labute approximate surface area is 104 Å². The molecule has 1 aliphatic heterocycles. The molecule has 96 valence electrons. The third-order valence-electron chi connectivity index (χ3n) is 3.35. The summed E-state index contributed by atoms with van der Waals surface area (Å²) in [5, 5.41) is 4.56. The van der Waals surface area contributed by atoms with E-state index in [-0.39, 0.29) is 0 Å². The van der Waals surface area contributed by atoms with Gasteiger partial charge in [-0.15, -0.1) is 0 Å². The number of fused-ring (bicyclic) bond motifs is 1. The molecule has 0 saturated carbocycles. The second-order valence-electron chi connectivity index (χ2n) is 5.26. The summed E-state index contributed by atoms with van der Waals surface area (Å²) in [6, 6.07) is 2.14. The highest BCUT2D eigenvalue weighted by Crippen LogP contribution is 2.26. The molecule has 1 aromatic heterocycles. The van der Waals surface area contributed by atoms with Crippen LogP contribution in [0.2, 0.25) is 0 Å². The van der Waals surface area contributed by atoms with E-state index in [1.807, 2.05) is 16.0 Å². The topological polar surface area (TPSA) is 38.1 Å². The maximum Gasteiger partial charge on any atom is 0.122 e. The summed E-state index contributed by atoms with van der Waals surface area (Å²) < 4.78 is 16.1. The lowest BCUT2D eigenvalue weighted by atomic mass is 10.1. The predicted molar refractivity (Wildman–Crippen MR) is 72.6 cm³/mol. The van der Waals surface area contributed by atoms with Gasteiger partial charge in [-0.25, -0.2) is 4.31 Å². The van der Waals surface area contributed by atoms with Gasteiger partial charge < -0.3 is 0 Å². The molecule has 1 aliphatic rings. The molecule has 0 N–H and O–H groups in total. The fourth-order valence-corrected chi connectivity index (χ4v) is 3.42. The van der Waals surface area contributed by atoms with E-state index in [4.69, 9.17) is 0 Å². The molecule has 1 aromatic rings. The average molecular weight is 255 g/mol. The first kappa shape index (κ1) is 12.6. The van der Waals surface area contributed by atoms with Crippen molar-refractivity contribution in [3.63, 3.8) is 0 Å². The van der Waals surface area contributed by atoms with E-state index in [2.05, 4.69) is 37.8 Å². The van der Waals surface area contributed by atoms with E-state index >= 15 is 0 Å². The van der Waals surface area contributed by atoms with Gasteiger partial charge in [0.25, 0.3) is 0 Å². The van der Waals surface area contributed by atoms with Gasteiger partial charge in [0, 0.05) is 27.9 Å². The van der Waals surface area contributed by atoms with Gasteiger partial charge in [0.05, 0.1) is 5.69 Å². The number of hydrogen-bond donors (Lipinski definition) is 0. The number of aromatic nitrogens is 2. The summed E-state index contributed by atoms with van der Waals surface area (Å²) >= 11 is 0. The van der Waals surface area contributed by atoms with Crippen LogP contribution in [0, 0.1) is 0 Å². The van der Waals surface area contributed by atoms with Gasteiger partial charge in [-0.1, -0.05) is 20.8 Å². The maximum atomic E-state index is 12.4. The highest BCUT2D eigenvalue weighted by molar-refractivity contribution is 7.97. The molecule has 0 fully saturated rings. The number of nitrogens with zero attached hydrogens (tertiary/aromatic N) is 3. The minimum absolute atomic E-state index is 0.338. The van der Waals surface area contributed by atoms with Crippen molar-refractivity contribution in [3.05, 3.63) is 17.5 Å². The third-order valence-corrected chi connectivity index (χ3v) is 5.28. The molecule has 4 nitrogen and oxygen atoms in total. The normalized spacial score (nSPS) is 30.3. The highest BCUT2D eigenvalue weighted by Gasteiger charge is 2.26. The minimum Gasteiger partial charge on any atom is -0.256 e. The molecule has 2 rings (SSSR count). The van der Waals surface area contributed by atoms with Crippen molar-refractivity contribution in [2.24, 2.45) is 0 Å². The lowest BCUT2D eigenvalue weighted by Crippen LogP contribution is -2.29. The molecular formula is C12H21N3OS. The average Bonchev–Trinajstić information content (AvgIpc) is 2.57. The Hall–Kier alpha value is -0.810. The molecule has 2 heterocycles. The molecule has 2 unspecified atom stereocenters. The van der Waals surface area contributed by atoms with E-state index in [1.165, 1.54) is 5.69 Å². The molecule has 0 aromatic carbocycles. The van der Waals surface area contributed by atoms with E-state index in [0.717, 1.165) is 12.2 Å². The van der Waals surface area contributed by atoms with Crippen LogP contribution >= 0.6 is 0 Å². The monoisotopic (exact) mass is 255 g/mol. The van der Waals surface area contributed by atoms with Crippen LogP contribution in [0.5, 0.6) is 0 Å². The maximum absolute atomic E-state index is 12.4. The Bertz CT molecular complexity index is 516. The molecule has 0 saturated heterocycles. The van der Waals surface area contributed by atoms with Crippen LogP contribution in [0.15, 0.2) is 6.07 Å². The van der Waals surface area contributed by atoms with Crippen LogP contribution in [0.1, 0.15) is 44.0 Å². The smallest absolute Gasteiger partial charge is 0.122 e. The molecule has 0 aliphatic carbocycles. The van der Waals surface area contributed by atoms with Crippen LogP contribution in [-0.4, -0.2) is 37.8 Å². The summed E-state index contributed by atoms with van der Waals surface area (Å²) in [4.78, 5) is 0. The van der Waals surface area contributed by atoms with E-state index in [1.54, 1.807) is 0 Å². The molecule has 17 heavy (non-hydrogen) atoms.